The van der Waals surface area contributed by atoms with Crippen LogP contribution < -0.4 is 0 Å². The monoisotopic (exact) mass is 282 g/mol. The van der Waals surface area contributed by atoms with E-state index in [4.69, 9.17) is 9.26 Å². The Morgan fingerprint density at radius 3 is 2.55 bits per heavy atom. The zero-order chi connectivity index (χ0) is 14.4. The molecule has 1 unspecified atom stereocenters. The first-order valence-electron chi connectivity index (χ1n) is 7.85. The molecule has 0 radical (unpaired) electrons. The van der Waals surface area contributed by atoms with Crippen LogP contribution in [0.1, 0.15) is 70.5 Å². The summed E-state index contributed by atoms with van der Waals surface area (Å²) in [7, 11) is 0. The number of aliphatic hydroxyl groups is 1. The van der Waals surface area contributed by atoms with Crippen LogP contribution >= 0.6 is 0 Å². The van der Waals surface area contributed by atoms with Gasteiger partial charge in [0.25, 0.3) is 0 Å². The van der Waals surface area contributed by atoms with Crippen molar-refractivity contribution in [3.63, 3.8) is 0 Å². The van der Waals surface area contributed by atoms with Gasteiger partial charge < -0.3 is 14.4 Å². The van der Waals surface area contributed by atoms with Crippen molar-refractivity contribution in [2.75, 3.05) is 6.61 Å². The van der Waals surface area contributed by atoms with Crippen LogP contribution in [-0.4, -0.2) is 28.0 Å². The van der Waals surface area contributed by atoms with E-state index < -0.39 is 6.10 Å². The molecule has 1 N–H and O–H groups in total. The van der Waals surface area contributed by atoms with E-state index in [1.165, 1.54) is 12.8 Å². The lowest BCUT2D eigenvalue weighted by Crippen LogP contribution is -2.31. The molecule has 1 aliphatic carbocycles. The van der Waals surface area contributed by atoms with Crippen molar-refractivity contribution < 1.29 is 14.4 Å². The zero-order valence-corrected chi connectivity index (χ0v) is 12.6. The van der Waals surface area contributed by atoms with Gasteiger partial charge in [0.1, 0.15) is 5.60 Å². The predicted octanol–water partition coefficient (Wildman–Crippen LogP) is 2.97. The molecule has 1 heterocycles. The molecule has 1 saturated carbocycles. The lowest BCUT2D eigenvalue weighted by molar-refractivity contribution is -0.0636. The van der Waals surface area contributed by atoms with Crippen molar-refractivity contribution in [1.82, 2.24) is 10.1 Å². The van der Waals surface area contributed by atoms with Gasteiger partial charge in [-0.3, -0.25) is 0 Å². The highest BCUT2D eigenvalue weighted by atomic mass is 16.5. The Kier molecular flexibility index (Phi) is 5.54. The number of ether oxygens (including phenoxy) is 1. The van der Waals surface area contributed by atoms with E-state index in [1.807, 2.05) is 13.8 Å². The molecule has 1 atom stereocenters. The second kappa shape index (κ2) is 7.18. The largest absolute Gasteiger partial charge is 0.393 e. The molecule has 114 valence electrons. The van der Waals surface area contributed by atoms with Crippen molar-refractivity contribution in [3.8, 4) is 0 Å². The van der Waals surface area contributed by atoms with Gasteiger partial charge in [-0.15, -0.1) is 0 Å². The summed E-state index contributed by atoms with van der Waals surface area (Å²) >= 11 is 0. The Balaban J connectivity index is 2.16. The zero-order valence-electron chi connectivity index (χ0n) is 12.6. The van der Waals surface area contributed by atoms with Crippen LogP contribution in [0.15, 0.2) is 4.52 Å². The van der Waals surface area contributed by atoms with Crippen LogP contribution in [-0.2, 0) is 16.8 Å². The van der Waals surface area contributed by atoms with Gasteiger partial charge in [-0.25, -0.2) is 0 Å². The maximum Gasteiger partial charge on any atom is 0.229 e. The fourth-order valence-electron chi connectivity index (χ4n) is 2.88. The Bertz CT molecular complexity index is 398. The van der Waals surface area contributed by atoms with Gasteiger partial charge in [-0.1, -0.05) is 37.8 Å². The summed E-state index contributed by atoms with van der Waals surface area (Å²) < 4.78 is 11.3. The fraction of sp³-hybridized carbons (Fsp3) is 0.867. The van der Waals surface area contributed by atoms with Gasteiger partial charge in [0, 0.05) is 6.61 Å². The van der Waals surface area contributed by atoms with Gasteiger partial charge >= 0.3 is 0 Å². The highest BCUT2D eigenvalue weighted by Gasteiger charge is 2.38. The van der Waals surface area contributed by atoms with Crippen LogP contribution in [0.3, 0.4) is 0 Å². The molecule has 1 aromatic heterocycles. The van der Waals surface area contributed by atoms with Crippen molar-refractivity contribution in [2.24, 2.45) is 0 Å². The van der Waals surface area contributed by atoms with Gasteiger partial charge in [0.2, 0.25) is 11.7 Å². The van der Waals surface area contributed by atoms with Crippen LogP contribution in [0.25, 0.3) is 0 Å². The van der Waals surface area contributed by atoms with Gasteiger partial charge in [0.15, 0.2) is 0 Å². The molecule has 0 aromatic carbocycles. The third-order valence-electron chi connectivity index (χ3n) is 4.09. The van der Waals surface area contributed by atoms with E-state index in [0.717, 1.165) is 25.7 Å². The number of hydrogen-bond donors (Lipinski definition) is 1. The molecular formula is C15H26N2O3. The molecule has 0 amide bonds. The third-order valence-corrected chi connectivity index (χ3v) is 4.09. The highest BCUT2D eigenvalue weighted by molar-refractivity contribution is 5.03. The Labute approximate surface area is 120 Å². The minimum absolute atomic E-state index is 0.385. The molecule has 1 fully saturated rings. The highest BCUT2D eigenvalue weighted by Crippen LogP contribution is 2.38. The van der Waals surface area contributed by atoms with Gasteiger partial charge in [-0.05, 0) is 26.2 Å². The predicted molar refractivity (Wildman–Crippen MR) is 75.3 cm³/mol. The standard InChI is InChI=1S/C15H26N2O3/c1-3-12(18)11-13-16-14(17-20-13)15(19-4-2)9-7-5-6-8-10-15/h12,18H,3-11H2,1-2H3. The lowest BCUT2D eigenvalue weighted by atomic mass is 9.93. The first kappa shape index (κ1) is 15.4. The average Bonchev–Trinajstić information content (AvgIpc) is 2.78. The molecule has 0 spiro atoms. The fourth-order valence-corrected chi connectivity index (χ4v) is 2.88. The second-order valence-electron chi connectivity index (χ2n) is 5.62. The normalized spacial score (nSPS) is 20.6. The topological polar surface area (TPSA) is 68.4 Å². The summed E-state index contributed by atoms with van der Waals surface area (Å²) in [5, 5.41) is 13.8. The summed E-state index contributed by atoms with van der Waals surface area (Å²) in [5.74, 6) is 1.18. The summed E-state index contributed by atoms with van der Waals surface area (Å²) in [4.78, 5) is 4.49. The lowest BCUT2D eigenvalue weighted by Gasteiger charge is -2.29. The Hall–Kier alpha value is -0.940. The van der Waals surface area contributed by atoms with Crippen molar-refractivity contribution >= 4 is 0 Å². The number of aromatic nitrogens is 2. The van der Waals surface area contributed by atoms with Gasteiger partial charge in [-0.2, -0.15) is 4.98 Å². The summed E-state index contributed by atoms with van der Waals surface area (Å²) in [6.45, 7) is 4.60. The van der Waals surface area contributed by atoms with Crippen molar-refractivity contribution in [1.29, 1.82) is 0 Å². The number of hydrogen-bond acceptors (Lipinski definition) is 5. The Morgan fingerprint density at radius 1 is 1.25 bits per heavy atom. The molecule has 1 aliphatic rings. The minimum Gasteiger partial charge on any atom is -0.393 e. The summed E-state index contributed by atoms with van der Waals surface area (Å²) in [6.07, 6.45) is 7.37. The second-order valence-corrected chi connectivity index (χ2v) is 5.62. The average molecular weight is 282 g/mol. The SMILES string of the molecule is CCOC1(c2noc(CC(O)CC)n2)CCCCCC1. The van der Waals surface area contributed by atoms with Crippen molar-refractivity contribution in [3.05, 3.63) is 11.7 Å². The quantitative estimate of drug-likeness (QED) is 0.812. The van der Waals surface area contributed by atoms with Crippen molar-refractivity contribution in [2.45, 2.75) is 76.9 Å². The van der Waals surface area contributed by atoms with E-state index in [-0.39, 0.29) is 5.60 Å². The third kappa shape index (κ3) is 3.58. The van der Waals surface area contributed by atoms with Crippen LogP contribution in [0.5, 0.6) is 0 Å². The molecule has 1 aromatic rings. The summed E-state index contributed by atoms with van der Waals surface area (Å²) in [5.41, 5.74) is -0.385. The smallest absolute Gasteiger partial charge is 0.229 e. The molecule has 0 aliphatic heterocycles. The van der Waals surface area contributed by atoms with E-state index in [0.29, 0.717) is 31.2 Å². The molecule has 5 heteroatoms. The van der Waals surface area contributed by atoms with E-state index >= 15 is 0 Å². The minimum atomic E-state index is -0.416. The molecule has 5 nitrogen and oxygen atoms in total. The number of aliphatic hydroxyl groups excluding tert-OH is 1. The molecule has 0 bridgehead atoms. The van der Waals surface area contributed by atoms with Crippen LogP contribution in [0, 0.1) is 0 Å². The molecule has 20 heavy (non-hydrogen) atoms. The number of nitrogens with zero attached hydrogens (tertiary/aromatic N) is 2. The maximum atomic E-state index is 9.68. The number of rotatable bonds is 6. The van der Waals surface area contributed by atoms with E-state index in [9.17, 15) is 5.11 Å². The molecule has 0 saturated heterocycles. The van der Waals surface area contributed by atoms with Crippen LogP contribution in [0.2, 0.25) is 0 Å². The molecule has 2 rings (SSSR count). The van der Waals surface area contributed by atoms with E-state index in [1.54, 1.807) is 0 Å². The van der Waals surface area contributed by atoms with E-state index in [2.05, 4.69) is 10.1 Å². The first-order valence-corrected chi connectivity index (χ1v) is 7.85. The maximum absolute atomic E-state index is 9.68. The van der Waals surface area contributed by atoms with Gasteiger partial charge in [0.05, 0.1) is 12.5 Å². The Morgan fingerprint density at radius 2 is 1.95 bits per heavy atom. The first-order chi connectivity index (χ1) is 9.70. The molecular weight excluding hydrogens is 256 g/mol. The van der Waals surface area contributed by atoms with Crippen LogP contribution in [0.4, 0.5) is 0 Å². The summed E-state index contributed by atoms with van der Waals surface area (Å²) in [6, 6.07) is 0.